The molecule has 0 rings (SSSR count). The molecule has 8 heavy (non-hydrogen) atoms. The van der Waals surface area contributed by atoms with Crippen LogP contribution in [0.4, 0.5) is 0 Å². The first-order chi connectivity index (χ1) is 3.50. The molecule has 0 radical (unpaired) electrons. The van der Waals surface area contributed by atoms with E-state index >= 15 is 0 Å². The van der Waals surface area contributed by atoms with Crippen molar-refractivity contribution in [2.75, 3.05) is 14.2 Å². The lowest BCUT2D eigenvalue weighted by molar-refractivity contribution is 0.0174. The number of hydrogen-bond donors (Lipinski definition) is 1. The van der Waals surface area contributed by atoms with Gasteiger partial charge in [0.15, 0.2) is 0 Å². The topological polar surface area (TPSA) is 66.8 Å². The van der Waals surface area contributed by atoms with Gasteiger partial charge in [0.1, 0.15) is 0 Å². The van der Waals surface area contributed by atoms with E-state index in [2.05, 4.69) is 4.18 Å². The van der Waals surface area contributed by atoms with E-state index in [4.69, 9.17) is 5.21 Å². The van der Waals surface area contributed by atoms with Crippen LogP contribution in [0.1, 0.15) is 0 Å². The molecule has 1 N–H and O–H groups in total. The summed E-state index contributed by atoms with van der Waals surface area (Å²) in [5, 5.41) is 8.20. The van der Waals surface area contributed by atoms with E-state index < -0.39 is 10.3 Å². The maximum Gasteiger partial charge on any atom is 0.360 e. The zero-order valence-electron chi connectivity index (χ0n) is 4.53. The molecule has 0 atom stereocenters. The molecule has 50 valence electrons. The number of rotatable bonds is 2. The lowest BCUT2D eigenvalue weighted by Crippen LogP contribution is -2.23. The molecule has 0 aliphatic rings. The van der Waals surface area contributed by atoms with Gasteiger partial charge in [0, 0.05) is 7.05 Å². The SMILES string of the molecule is COS(=O)(=O)N(C)O. The van der Waals surface area contributed by atoms with E-state index in [0.717, 1.165) is 14.2 Å². The molecule has 5 nitrogen and oxygen atoms in total. The van der Waals surface area contributed by atoms with Gasteiger partial charge in [-0.2, -0.15) is 8.42 Å². The minimum Gasteiger partial charge on any atom is -0.298 e. The van der Waals surface area contributed by atoms with Crippen LogP contribution in [0.2, 0.25) is 0 Å². The molecule has 0 aliphatic heterocycles. The summed E-state index contributed by atoms with van der Waals surface area (Å²) in [6.45, 7) is 0. The van der Waals surface area contributed by atoms with Crippen molar-refractivity contribution < 1.29 is 17.8 Å². The molecule has 0 aromatic heterocycles. The molecule has 0 unspecified atom stereocenters. The summed E-state index contributed by atoms with van der Waals surface area (Å²) in [7, 11) is -1.93. The van der Waals surface area contributed by atoms with Crippen LogP contribution in [0.15, 0.2) is 0 Å². The largest absolute Gasteiger partial charge is 0.360 e. The highest BCUT2D eigenvalue weighted by atomic mass is 32.2. The van der Waals surface area contributed by atoms with Crippen molar-refractivity contribution in [2.45, 2.75) is 0 Å². The highest BCUT2D eigenvalue weighted by Gasteiger charge is 2.11. The first-order valence-corrected chi connectivity index (χ1v) is 3.10. The van der Waals surface area contributed by atoms with Crippen molar-refractivity contribution in [3.8, 4) is 0 Å². The Balaban J connectivity index is 4.17. The molecule has 0 amide bonds. The standard InChI is InChI=1S/C2H7NO4S/c1-3(4)8(5,6)7-2/h4H,1-2H3. The normalized spacial score (nSPS) is 12.5. The van der Waals surface area contributed by atoms with E-state index in [1.54, 1.807) is 0 Å². The minimum absolute atomic E-state index is 0.00694. The Morgan fingerprint density at radius 1 is 1.62 bits per heavy atom. The average Bonchev–Trinajstić information content (AvgIpc) is 1.67. The second-order valence-corrected chi connectivity index (χ2v) is 2.78. The lowest BCUT2D eigenvalue weighted by atomic mass is 11.6. The Kier molecular flexibility index (Phi) is 2.35. The van der Waals surface area contributed by atoms with E-state index in [0.29, 0.717) is 0 Å². The highest BCUT2D eigenvalue weighted by Crippen LogP contribution is 1.90. The van der Waals surface area contributed by atoms with Crippen LogP contribution < -0.4 is 0 Å². The first-order valence-electron chi connectivity index (χ1n) is 1.74. The predicted octanol–water partition coefficient (Wildman–Crippen LogP) is -0.801. The van der Waals surface area contributed by atoms with Crippen LogP contribution in [0.25, 0.3) is 0 Å². The predicted molar refractivity (Wildman–Crippen MR) is 25.5 cm³/mol. The van der Waals surface area contributed by atoms with E-state index in [1.165, 1.54) is 0 Å². The highest BCUT2D eigenvalue weighted by molar-refractivity contribution is 7.84. The van der Waals surface area contributed by atoms with Crippen LogP contribution in [-0.2, 0) is 14.5 Å². The third kappa shape index (κ3) is 1.74. The van der Waals surface area contributed by atoms with Crippen molar-refractivity contribution >= 4 is 10.3 Å². The summed E-state index contributed by atoms with van der Waals surface area (Å²) in [4.78, 5) is 0. The van der Waals surface area contributed by atoms with Gasteiger partial charge in [0.25, 0.3) is 0 Å². The van der Waals surface area contributed by atoms with Crippen LogP contribution in [0.3, 0.4) is 0 Å². The van der Waals surface area contributed by atoms with Crippen molar-refractivity contribution in [3.05, 3.63) is 0 Å². The minimum atomic E-state index is -3.85. The van der Waals surface area contributed by atoms with Crippen LogP contribution in [0.5, 0.6) is 0 Å². The Morgan fingerprint density at radius 3 is 2.00 bits per heavy atom. The van der Waals surface area contributed by atoms with E-state index in [1.807, 2.05) is 0 Å². The average molecular weight is 141 g/mol. The van der Waals surface area contributed by atoms with E-state index in [9.17, 15) is 8.42 Å². The van der Waals surface area contributed by atoms with Crippen molar-refractivity contribution in [1.29, 1.82) is 0 Å². The van der Waals surface area contributed by atoms with Gasteiger partial charge in [-0.05, 0) is 0 Å². The van der Waals surface area contributed by atoms with Gasteiger partial charge in [0.2, 0.25) is 0 Å². The van der Waals surface area contributed by atoms with Crippen LogP contribution in [0, 0.1) is 0 Å². The third-order valence-electron chi connectivity index (χ3n) is 0.534. The lowest BCUT2D eigenvalue weighted by Gasteiger charge is -2.04. The number of nitrogens with zero attached hydrogens (tertiary/aromatic N) is 1. The quantitative estimate of drug-likeness (QED) is 0.511. The maximum atomic E-state index is 10.2. The second-order valence-electron chi connectivity index (χ2n) is 1.06. The summed E-state index contributed by atoms with van der Waals surface area (Å²) in [5.41, 5.74) is 0. The molecule has 0 fully saturated rings. The molecular formula is C2H7NO4S. The Morgan fingerprint density at radius 2 is 2.00 bits per heavy atom. The molecule has 0 aromatic carbocycles. The van der Waals surface area contributed by atoms with E-state index in [-0.39, 0.29) is 4.47 Å². The number of hydroxylamine groups is 1. The second kappa shape index (κ2) is 2.40. The van der Waals surface area contributed by atoms with Crippen LogP contribution >= 0.6 is 0 Å². The van der Waals surface area contributed by atoms with Gasteiger partial charge in [-0.1, -0.05) is 4.47 Å². The zero-order chi connectivity index (χ0) is 6.78. The fraction of sp³-hybridized carbons (Fsp3) is 1.00. The van der Waals surface area contributed by atoms with Gasteiger partial charge in [-0.25, -0.2) is 0 Å². The Labute approximate surface area is 47.7 Å². The van der Waals surface area contributed by atoms with Gasteiger partial charge in [-0.3, -0.25) is 9.39 Å². The third-order valence-corrected chi connectivity index (χ3v) is 1.60. The van der Waals surface area contributed by atoms with Crippen LogP contribution in [-0.4, -0.2) is 32.3 Å². The Hall–Kier alpha value is -0.170. The van der Waals surface area contributed by atoms with Gasteiger partial charge in [0.05, 0.1) is 7.11 Å². The fourth-order valence-corrected chi connectivity index (χ4v) is 0.324. The first kappa shape index (κ1) is 7.83. The molecule has 0 aromatic rings. The molecule has 0 bridgehead atoms. The fourth-order valence-electron chi connectivity index (χ4n) is 0.108. The number of hydrogen-bond acceptors (Lipinski definition) is 4. The van der Waals surface area contributed by atoms with Gasteiger partial charge in [-0.15, -0.1) is 0 Å². The molecule has 0 heterocycles. The summed E-state index contributed by atoms with van der Waals surface area (Å²) >= 11 is 0. The molecule has 0 saturated heterocycles. The summed E-state index contributed by atoms with van der Waals surface area (Å²) in [6, 6.07) is 0. The molecule has 0 spiro atoms. The molecular weight excluding hydrogens is 134 g/mol. The summed E-state index contributed by atoms with van der Waals surface area (Å²) in [6.07, 6.45) is 0. The van der Waals surface area contributed by atoms with Crippen molar-refractivity contribution in [2.24, 2.45) is 0 Å². The zero-order valence-corrected chi connectivity index (χ0v) is 5.34. The maximum absolute atomic E-state index is 10.2. The monoisotopic (exact) mass is 141 g/mol. The smallest absolute Gasteiger partial charge is 0.298 e. The van der Waals surface area contributed by atoms with Crippen molar-refractivity contribution in [3.63, 3.8) is 0 Å². The summed E-state index contributed by atoms with van der Waals surface area (Å²) < 4.78 is 24.1. The molecule has 0 aliphatic carbocycles. The molecule has 6 heteroatoms. The molecule has 0 saturated carbocycles. The Bertz CT molecular complexity index is 147. The van der Waals surface area contributed by atoms with Gasteiger partial charge < -0.3 is 0 Å². The summed E-state index contributed by atoms with van der Waals surface area (Å²) in [5.74, 6) is 0. The van der Waals surface area contributed by atoms with Crippen molar-refractivity contribution in [1.82, 2.24) is 4.47 Å². The van der Waals surface area contributed by atoms with Gasteiger partial charge >= 0.3 is 10.3 Å².